The lowest BCUT2D eigenvalue weighted by molar-refractivity contribution is 0.910. The molecule has 4 aromatic rings. The maximum absolute atomic E-state index is 4.53. The van der Waals surface area contributed by atoms with Crippen LogP contribution in [0.1, 0.15) is 0 Å². The van der Waals surface area contributed by atoms with Gasteiger partial charge in [-0.25, -0.2) is 4.68 Å². The summed E-state index contributed by atoms with van der Waals surface area (Å²) in [5.74, 6) is 0. The van der Waals surface area contributed by atoms with E-state index in [1.807, 2.05) is 53.5 Å². The van der Waals surface area contributed by atoms with Gasteiger partial charge in [-0.1, -0.05) is 48.5 Å². The van der Waals surface area contributed by atoms with E-state index in [4.69, 9.17) is 0 Å². The van der Waals surface area contributed by atoms with Gasteiger partial charge in [-0.15, -0.1) is 0 Å². The lowest BCUT2D eigenvalue weighted by Crippen LogP contribution is -1.95. The van der Waals surface area contributed by atoms with E-state index < -0.39 is 0 Å². The van der Waals surface area contributed by atoms with Gasteiger partial charge in [-0.2, -0.15) is 5.10 Å². The highest BCUT2D eigenvalue weighted by Crippen LogP contribution is 2.23. The van der Waals surface area contributed by atoms with Crippen LogP contribution in [0.4, 0.5) is 0 Å². The normalized spacial score (nSPS) is 10.9. The molecule has 0 radical (unpaired) electrons. The fraction of sp³-hybridized carbons (Fsp3) is 0. The largest absolute Gasteiger partial charge is 0.255 e. The predicted octanol–water partition coefficient (Wildman–Crippen LogP) is 4.09. The lowest BCUT2D eigenvalue weighted by Gasteiger charge is -2.05. The Labute approximate surface area is 122 Å². The van der Waals surface area contributed by atoms with Crippen LogP contribution in [-0.2, 0) is 0 Å². The molecule has 0 bridgehead atoms. The van der Waals surface area contributed by atoms with Gasteiger partial charge >= 0.3 is 0 Å². The summed E-state index contributed by atoms with van der Waals surface area (Å²) in [6.45, 7) is 0. The van der Waals surface area contributed by atoms with E-state index in [2.05, 4.69) is 40.4 Å². The van der Waals surface area contributed by atoms with Crippen LogP contribution in [0.5, 0.6) is 0 Å². The van der Waals surface area contributed by atoms with Crippen LogP contribution >= 0.6 is 0 Å². The van der Waals surface area contributed by atoms with Crippen LogP contribution < -0.4 is 0 Å². The number of para-hydroxylation sites is 1. The molecule has 2 heterocycles. The standard InChI is InChI=1S/C18H13N3/c1-3-7-14(8-4-1)17-11-18-15(12-19-17)13-20-21(18)16-9-5-2-6-10-16/h1-13H. The summed E-state index contributed by atoms with van der Waals surface area (Å²) in [6, 6.07) is 22.4. The van der Waals surface area contributed by atoms with Crippen LogP contribution in [-0.4, -0.2) is 14.8 Å². The van der Waals surface area contributed by atoms with Gasteiger partial charge in [-0.3, -0.25) is 4.98 Å². The number of aromatic nitrogens is 3. The molecule has 0 unspecified atom stereocenters. The molecular formula is C18H13N3. The topological polar surface area (TPSA) is 30.7 Å². The molecule has 0 aliphatic rings. The fourth-order valence-electron chi connectivity index (χ4n) is 2.46. The molecule has 21 heavy (non-hydrogen) atoms. The van der Waals surface area contributed by atoms with E-state index in [0.717, 1.165) is 27.8 Å². The minimum atomic E-state index is 0.959. The van der Waals surface area contributed by atoms with E-state index in [1.54, 1.807) is 0 Å². The summed E-state index contributed by atoms with van der Waals surface area (Å²) in [7, 11) is 0. The Kier molecular flexibility index (Phi) is 2.75. The second-order valence-corrected chi connectivity index (χ2v) is 4.89. The van der Waals surface area contributed by atoms with Crippen molar-refractivity contribution in [3.8, 4) is 16.9 Å². The first kappa shape index (κ1) is 11.9. The molecule has 0 aliphatic carbocycles. The van der Waals surface area contributed by atoms with Gasteiger partial charge in [0.1, 0.15) is 0 Å². The summed E-state index contributed by atoms with van der Waals surface area (Å²) in [5.41, 5.74) is 4.19. The Morgan fingerprint density at radius 2 is 1.48 bits per heavy atom. The highest BCUT2D eigenvalue weighted by Gasteiger charge is 2.07. The Morgan fingerprint density at radius 1 is 0.762 bits per heavy atom. The first-order valence-corrected chi connectivity index (χ1v) is 6.86. The minimum Gasteiger partial charge on any atom is -0.255 e. The van der Waals surface area contributed by atoms with Gasteiger partial charge in [0.15, 0.2) is 0 Å². The lowest BCUT2D eigenvalue weighted by atomic mass is 10.1. The first-order chi connectivity index (χ1) is 10.4. The average molecular weight is 271 g/mol. The summed E-state index contributed by atoms with van der Waals surface area (Å²) in [4.78, 5) is 4.53. The molecule has 100 valence electrons. The molecule has 0 aliphatic heterocycles. The van der Waals surface area contributed by atoms with Crippen LogP contribution in [0.3, 0.4) is 0 Å². The molecule has 0 spiro atoms. The Balaban J connectivity index is 1.91. The Bertz CT molecular complexity index is 880. The van der Waals surface area contributed by atoms with Crippen molar-refractivity contribution in [1.29, 1.82) is 0 Å². The monoisotopic (exact) mass is 271 g/mol. The maximum atomic E-state index is 4.53. The smallest absolute Gasteiger partial charge is 0.0778 e. The van der Waals surface area contributed by atoms with Gasteiger partial charge in [-0.05, 0) is 18.2 Å². The third kappa shape index (κ3) is 2.09. The fourth-order valence-corrected chi connectivity index (χ4v) is 2.46. The van der Waals surface area contributed by atoms with Crippen LogP contribution in [0.2, 0.25) is 0 Å². The quantitative estimate of drug-likeness (QED) is 0.550. The highest BCUT2D eigenvalue weighted by molar-refractivity contribution is 5.83. The van der Waals surface area contributed by atoms with Crippen molar-refractivity contribution in [2.24, 2.45) is 0 Å². The number of hydrogen-bond acceptors (Lipinski definition) is 2. The van der Waals surface area contributed by atoms with Crippen LogP contribution in [0, 0.1) is 0 Å². The molecule has 0 fully saturated rings. The molecule has 4 rings (SSSR count). The van der Waals surface area contributed by atoms with Crippen molar-refractivity contribution in [3.63, 3.8) is 0 Å². The second-order valence-electron chi connectivity index (χ2n) is 4.89. The van der Waals surface area contributed by atoms with Crippen molar-refractivity contribution < 1.29 is 0 Å². The second kappa shape index (κ2) is 4.87. The summed E-state index contributed by atoms with van der Waals surface area (Å²) >= 11 is 0. The molecule has 2 aromatic heterocycles. The maximum Gasteiger partial charge on any atom is 0.0778 e. The zero-order chi connectivity index (χ0) is 14.1. The van der Waals surface area contributed by atoms with Gasteiger partial charge in [0.2, 0.25) is 0 Å². The van der Waals surface area contributed by atoms with E-state index >= 15 is 0 Å². The van der Waals surface area contributed by atoms with E-state index in [1.165, 1.54) is 0 Å². The molecule has 2 aromatic carbocycles. The SMILES string of the molecule is c1ccc(-c2cc3c(cn2)cnn3-c2ccccc2)cc1. The molecule has 0 amide bonds. The summed E-state index contributed by atoms with van der Waals surface area (Å²) < 4.78 is 1.95. The molecular weight excluding hydrogens is 258 g/mol. The molecule has 3 nitrogen and oxygen atoms in total. The van der Waals surface area contributed by atoms with Gasteiger partial charge in [0, 0.05) is 17.1 Å². The van der Waals surface area contributed by atoms with Crippen molar-refractivity contribution >= 4 is 10.9 Å². The number of rotatable bonds is 2. The van der Waals surface area contributed by atoms with Crippen molar-refractivity contribution in [1.82, 2.24) is 14.8 Å². The Morgan fingerprint density at radius 3 is 2.24 bits per heavy atom. The predicted molar refractivity (Wildman–Crippen MR) is 84.3 cm³/mol. The van der Waals surface area contributed by atoms with Crippen molar-refractivity contribution in [3.05, 3.63) is 79.1 Å². The van der Waals surface area contributed by atoms with Crippen LogP contribution in [0.15, 0.2) is 79.1 Å². The first-order valence-electron chi connectivity index (χ1n) is 6.86. The summed E-state index contributed by atoms with van der Waals surface area (Å²) in [6.07, 6.45) is 3.73. The van der Waals surface area contributed by atoms with Gasteiger partial charge < -0.3 is 0 Å². The number of nitrogens with zero attached hydrogens (tertiary/aromatic N) is 3. The molecule has 0 N–H and O–H groups in total. The number of fused-ring (bicyclic) bond motifs is 1. The van der Waals surface area contributed by atoms with Gasteiger partial charge in [0.25, 0.3) is 0 Å². The number of pyridine rings is 1. The third-order valence-electron chi connectivity index (χ3n) is 3.52. The van der Waals surface area contributed by atoms with E-state index in [0.29, 0.717) is 0 Å². The number of hydrogen-bond donors (Lipinski definition) is 0. The van der Waals surface area contributed by atoms with E-state index in [9.17, 15) is 0 Å². The van der Waals surface area contributed by atoms with Crippen molar-refractivity contribution in [2.45, 2.75) is 0 Å². The zero-order valence-corrected chi connectivity index (χ0v) is 11.3. The molecule has 3 heteroatoms. The Hall–Kier alpha value is -2.94. The molecule has 0 atom stereocenters. The number of benzene rings is 2. The zero-order valence-electron chi connectivity index (χ0n) is 11.3. The highest BCUT2D eigenvalue weighted by atomic mass is 15.3. The summed E-state index contributed by atoms with van der Waals surface area (Å²) in [5, 5.41) is 5.52. The average Bonchev–Trinajstić information content (AvgIpc) is 2.99. The molecule has 0 saturated heterocycles. The van der Waals surface area contributed by atoms with E-state index in [-0.39, 0.29) is 0 Å². The minimum absolute atomic E-state index is 0.959. The van der Waals surface area contributed by atoms with Gasteiger partial charge in [0.05, 0.1) is 23.1 Å². The molecule has 0 saturated carbocycles. The van der Waals surface area contributed by atoms with Crippen molar-refractivity contribution in [2.75, 3.05) is 0 Å². The third-order valence-corrected chi connectivity index (χ3v) is 3.52. The van der Waals surface area contributed by atoms with Crippen LogP contribution in [0.25, 0.3) is 27.8 Å².